The van der Waals surface area contributed by atoms with E-state index in [4.69, 9.17) is 4.84 Å². The smallest absolute Gasteiger partial charge is 0.325 e. The third-order valence-electron chi connectivity index (χ3n) is 6.66. The van der Waals surface area contributed by atoms with Gasteiger partial charge in [0.2, 0.25) is 0 Å². The number of hydrogen-bond donors (Lipinski definition) is 0. The number of hydroxylamine groups is 2. The minimum Gasteiger partial charge on any atom is -0.325 e. The van der Waals surface area contributed by atoms with Gasteiger partial charge in [-0.15, -0.1) is 5.06 Å². The molecule has 8 nitrogen and oxygen atoms in total. The van der Waals surface area contributed by atoms with Crippen molar-refractivity contribution >= 4 is 33.4 Å². The Morgan fingerprint density at radius 1 is 0.795 bits per heavy atom. The lowest BCUT2D eigenvalue weighted by molar-refractivity contribution is -0.172. The molecule has 0 aromatic heterocycles. The van der Waals surface area contributed by atoms with E-state index in [-0.39, 0.29) is 40.4 Å². The molecule has 39 heavy (non-hydrogen) atoms. The van der Waals surface area contributed by atoms with E-state index in [1.165, 1.54) is 24.3 Å². The molecule has 0 bridgehead atoms. The number of nitrogens with zero attached hydrogens (tertiary/aromatic N) is 1. The number of carbonyl (C=O) groups is 4. The zero-order valence-electron chi connectivity index (χ0n) is 21.8. The summed E-state index contributed by atoms with van der Waals surface area (Å²) in [4.78, 5) is 54.5. The van der Waals surface area contributed by atoms with Crippen LogP contribution in [0.25, 0.3) is 0 Å². The highest BCUT2D eigenvalue weighted by atomic mass is 32.2. The lowest BCUT2D eigenvalue weighted by Crippen LogP contribution is -2.32. The molecule has 1 atom stereocenters. The number of Topliss-reactive ketones (excluding diaryl/α,β-unsaturated/α-hetero) is 1. The van der Waals surface area contributed by atoms with Gasteiger partial charge in [-0.05, 0) is 56.5 Å². The van der Waals surface area contributed by atoms with E-state index in [0.717, 1.165) is 16.7 Å². The fourth-order valence-corrected chi connectivity index (χ4v) is 5.88. The number of imide groups is 1. The average Bonchev–Trinajstić information content (AvgIpc) is 3.24. The molecule has 3 aromatic rings. The zero-order valence-corrected chi connectivity index (χ0v) is 22.6. The van der Waals surface area contributed by atoms with Crippen LogP contribution in [0.5, 0.6) is 0 Å². The van der Waals surface area contributed by atoms with Gasteiger partial charge in [0.15, 0.2) is 15.6 Å². The summed E-state index contributed by atoms with van der Waals surface area (Å²) in [6, 6.07) is 19.9. The van der Waals surface area contributed by atoms with Gasteiger partial charge in [0.25, 0.3) is 11.8 Å². The molecule has 1 aliphatic heterocycles. The third-order valence-corrected chi connectivity index (χ3v) is 8.49. The van der Waals surface area contributed by atoms with Gasteiger partial charge in [-0.3, -0.25) is 14.4 Å². The third kappa shape index (κ3) is 6.86. The number of benzene rings is 3. The van der Waals surface area contributed by atoms with Crippen LogP contribution in [-0.2, 0) is 30.7 Å². The van der Waals surface area contributed by atoms with Gasteiger partial charge in [0, 0.05) is 24.3 Å². The van der Waals surface area contributed by atoms with Crippen molar-refractivity contribution in [3.05, 3.63) is 101 Å². The molecule has 0 radical (unpaired) electrons. The number of aryl methyl sites for hydroxylation is 3. The molecular weight excluding hydrogens is 518 g/mol. The van der Waals surface area contributed by atoms with Crippen molar-refractivity contribution < 1.29 is 32.4 Å². The quantitative estimate of drug-likeness (QED) is 0.272. The van der Waals surface area contributed by atoms with Crippen molar-refractivity contribution in [2.75, 3.05) is 5.75 Å². The predicted molar refractivity (Wildman–Crippen MR) is 143 cm³/mol. The van der Waals surface area contributed by atoms with Gasteiger partial charge in [-0.1, -0.05) is 59.7 Å². The van der Waals surface area contributed by atoms with E-state index < -0.39 is 33.5 Å². The number of hydrogen-bond acceptors (Lipinski definition) is 7. The summed E-state index contributed by atoms with van der Waals surface area (Å²) in [5.41, 5.74) is 3.31. The largest absolute Gasteiger partial charge is 0.363 e. The Hall–Kier alpha value is -4.11. The molecule has 0 spiro atoms. The maximum Gasteiger partial charge on any atom is 0.363 e. The van der Waals surface area contributed by atoms with Crippen LogP contribution in [0.4, 0.5) is 0 Å². The van der Waals surface area contributed by atoms with Gasteiger partial charge in [0.1, 0.15) is 0 Å². The lowest BCUT2D eigenvalue weighted by atomic mass is 9.92. The van der Waals surface area contributed by atoms with Gasteiger partial charge in [0.05, 0.1) is 16.2 Å². The molecule has 4 rings (SSSR count). The first-order valence-electron chi connectivity index (χ1n) is 12.6. The molecule has 0 N–H and O–H groups in total. The minimum atomic E-state index is -3.75. The Morgan fingerprint density at radius 2 is 1.31 bits per heavy atom. The second-order valence-corrected chi connectivity index (χ2v) is 11.8. The molecule has 0 aliphatic carbocycles. The highest BCUT2D eigenvalue weighted by Crippen LogP contribution is 2.23. The van der Waals surface area contributed by atoms with Crippen LogP contribution in [-0.4, -0.2) is 42.8 Å². The van der Waals surface area contributed by atoms with Crippen molar-refractivity contribution in [2.45, 2.75) is 44.4 Å². The Bertz CT molecular complexity index is 1480. The number of carbonyl (C=O) groups excluding carboxylic acids is 4. The predicted octanol–water partition coefficient (Wildman–Crippen LogP) is 4.43. The Morgan fingerprint density at radius 3 is 1.87 bits per heavy atom. The maximum atomic E-state index is 13.6. The van der Waals surface area contributed by atoms with Crippen molar-refractivity contribution in [2.24, 2.45) is 5.92 Å². The topological polar surface area (TPSA) is 115 Å². The lowest BCUT2D eigenvalue weighted by Gasteiger charge is -2.17. The number of ketones is 1. The molecule has 1 saturated heterocycles. The summed E-state index contributed by atoms with van der Waals surface area (Å²) >= 11 is 0. The van der Waals surface area contributed by atoms with E-state index >= 15 is 0 Å². The van der Waals surface area contributed by atoms with E-state index in [2.05, 4.69) is 0 Å². The molecule has 1 unspecified atom stereocenters. The molecule has 1 aliphatic rings. The number of amides is 2. The molecular formula is C30H29NO7S. The van der Waals surface area contributed by atoms with Gasteiger partial charge >= 0.3 is 5.97 Å². The molecule has 9 heteroatoms. The molecule has 202 valence electrons. The van der Waals surface area contributed by atoms with Crippen molar-refractivity contribution in [3.8, 4) is 0 Å². The van der Waals surface area contributed by atoms with Gasteiger partial charge in [-0.2, -0.15) is 0 Å². The maximum absolute atomic E-state index is 13.6. The first kappa shape index (κ1) is 27.9. The standard InChI is InChI=1S/C30H29NO7S/c1-20-3-7-22(8-4-20)9-10-25(19-39(36,37)26-15-5-21(2)6-16-26)29(34)23-11-13-24(14-12-23)30(35)38-31-27(32)17-18-28(31)33/h3-8,11-16,25H,9-10,17-19H2,1-2H3. The van der Waals surface area contributed by atoms with Crippen molar-refractivity contribution in [3.63, 3.8) is 0 Å². The second kappa shape index (κ2) is 11.7. The average molecular weight is 548 g/mol. The summed E-state index contributed by atoms with van der Waals surface area (Å²) in [6.07, 6.45) is 0.794. The number of sulfone groups is 1. The van der Waals surface area contributed by atoms with Gasteiger partial charge in [-0.25, -0.2) is 13.2 Å². The molecule has 2 amide bonds. The van der Waals surface area contributed by atoms with Gasteiger partial charge < -0.3 is 4.84 Å². The van der Waals surface area contributed by atoms with E-state index in [1.54, 1.807) is 24.3 Å². The molecule has 1 heterocycles. The zero-order chi connectivity index (χ0) is 28.2. The summed E-state index contributed by atoms with van der Waals surface area (Å²) in [7, 11) is -3.75. The first-order valence-corrected chi connectivity index (χ1v) is 14.3. The van der Waals surface area contributed by atoms with E-state index in [0.29, 0.717) is 17.9 Å². The van der Waals surface area contributed by atoms with Crippen LogP contribution in [0.1, 0.15) is 56.7 Å². The molecule has 1 fully saturated rings. The Balaban J connectivity index is 1.53. The van der Waals surface area contributed by atoms with E-state index in [9.17, 15) is 27.6 Å². The van der Waals surface area contributed by atoms with Crippen LogP contribution >= 0.6 is 0 Å². The second-order valence-electron chi connectivity index (χ2n) is 9.72. The van der Waals surface area contributed by atoms with Crippen LogP contribution in [0.2, 0.25) is 0 Å². The fourth-order valence-electron chi connectivity index (χ4n) is 4.29. The van der Waals surface area contributed by atoms with Crippen molar-refractivity contribution in [1.82, 2.24) is 5.06 Å². The van der Waals surface area contributed by atoms with Crippen LogP contribution in [0.15, 0.2) is 77.7 Å². The highest BCUT2D eigenvalue weighted by Gasteiger charge is 2.33. The normalized spacial score (nSPS) is 14.4. The van der Waals surface area contributed by atoms with Crippen LogP contribution in [0.3, 0.4) is 0 Å². The summed E-state index contributed by atoms with van der Waals surface area (Å²) in [5.74, 6) is -3.63. The van der Waals surface area contributed by atoms with Crippen LogP contribution < -0.4 is 0 Å². The number of rotatable bonds is 10. The Labute approximate surface area is 227 Å². The van der Waals surface area contributed by atoms with Crippen LogP contribution in [0, 0.1) is 19.8 Å². The summed E-state index contributed by atoms with van der Waals surface area (Å²) in [5, 5.41) is 0.457. The Kier molecular flexibility index (Phi) is 8.40. The molecule has 3 aromatic carbocycles. The summed E-state index contributed by atoms with van der Waals surface area (Å²) in [6.45, 7) is 3.84. The first-order chi connectivity index (χ1) is 18.5. The summed E-state index contributed by atoms with van der Waals surface area (Å²) < 4.78 is 26.5. The SMILES string of the molecule is Cc1ccc(CCC(CS(=O)(=O)c2ccc(C)cc2)C(=O)c2ccc(C(=O)ON3C(=O)CCC3=O)cc2)cc1. The van der Waals surface area contributed by atoms with E-state index in [1.807, 2.05) is 38.1 Å². The fraction of sp³-hybridized carbons (Fsp3) is 0.267. The molecule has 0 saturated carbocycles. The van der Waals surface area contributed by atoms with Crippen molar-refractivity contribution in [1.29, 1.82) is 0 Å². The monoisotopic (exact) mass is 547 g/mol. The highest BCUT2D eigenvalue weighted by molar-refractivity contribution is 7.91. The minimum absolute atomic E-state index is 0.0188.